The molecule has 1 aromatic heterocycles. The summed E-state index contributed by atoms with van der Waals surface area (Å²) in [5, 5.41) is 10.4. The van der Waals surface area contributed by atoms with E-state index in [1.807, 2.05) is 20.8 Å². The lowest BCUT2D eigenvalue weighted by atomic mass is 10.1. The Kier molecular flexibility index (Phi) is 3.58. The van der Waals surface area contributed by atoms with Gasteiger partial charge >= 0.3 is 5.56 Å². The normalized spacial score (nSPS) is 18.9. The molecule has 1 amide bonds. The Labute approximate surface area is 115 Å². The first kappa shape index (κ1) is 13.9. The Morgan fingerprint density at radius 1 is 1.42 bits per heavy atom. The molecule has 1 aromatic rings. The molecule has 1 N–H and O–H groups in total. The standard InChI is InChI=1S/C12H17N3O3S/c1-6(2)14-5-7(3)15-8(11(14)18)9(16)10(17)13-12(15)19-4/h6-7,16H,5H2,1-4H3/t7-/m0/s1. The predicted octanol–water partition coefficient (Wildman–Crippen LogP) is 1.10. The summed E-state index contributed by atoms with van der Waals surface area (Å²) in [5.41, 5.74) is -0.696. The first-order chi connectivity index (χ1) is 8.88. The van der Waals surface area contributed by atoms with Crippen LogP contribution in [0.15, 0.2) is 9.95 Å². The van der Waals surface area contributed by atoms with Crippen LogP contribution >= 0.6 is 11.8 Å². The van der Waals surface area contributed by atoms with Crippen LogP contribution in [-0.4, -0.2) is 44.3 Å². The quantitative estimate of drug-likeness (QED) is 0.649. The van der Waals surface area contributed by atoms with E-state index in [1.165, 1.54) is 11.8 Å². The van der Waals surface area contributed by atoms with Crippen LogP contribution in [0.1, 0.15) is 37.3 Å². The molecule has 0 saturated carbocycles. The molecule has 7 heteroatoms. The van der Waals surface area contributed by atoms with Crippen molar-refractivity contribution in [2.75, 3.05) is 12.8 Å². The summed E-state index contributed by atoms with van der Waals surface area (Å²) < 4.78 is 1.66. The lowest BCUT2D eigenvalue weighted by molar-refractivity contribution is 0.0595. The molecule has 104 valence electrons. The van der Waals surface area contributed by atoms with Crippen LogP contribution in [0.25, 0.3) is 0 Å². The maximum Gasteiger partial charge on any atom is 0.316 e. The van der Waals surface area contributed by atoms with Gasteiger partial charge in [-0.15, -0.1) is 0 Å². The molecular formula is C12H17N3O3S. The van der Waals surface area contributed by atoms with Crippen molar-refractivity contribution in [3.8, 4) is 5.75 Å². The summed E-state index contributed by atoms with van der Waals surface area (Å²) >= 11 is 1.29. The van der Waals surface area contributed by atoms with Gasteiger partial charge in [0.15, 0.2) is 10.9 Å². The average Bonchev–Trinajstić information content (AvgIpc) is 2.36. The number of hydrogen-bond donors (Lipinski definition) is 1. The lowest BCUT2D eigenvalue weighted by Crippen LogP contribution is -2.47. The van der Waals surface area contributed by atoms with Crippen LogP contribution in [-0.2, 0) is 0 Å². The van der Waals surface area contributed by atoms with Crippen molar-refractivity contribution in [2.24, 2.45) is 0 Å². The van der Waals surface area contributed by atoms with Crippen molar-refractivity contribution in [3.63, 3.8) is 0 Å². The fourth-order valence-electron chi connectivity index (χ4n) is 2.29. The minimum Gasteiger partial charge on any atom is -0.501 e. The van der Waals surface area contributed by atoms with Crippen LogP contribution in [0.5, 0.6) is 5.75 Å². The molecule has 0 radical (unpaired) electrons. The third-order valence-corrected chi connectivity index (χ3v) is 3.90. The van der Waals surface area contributed by atoms with Gasteiger partial charge in [0.2, 0.25) is 5.75 Å². The van der Waals surface area contributed by atoms with Gasteiger partial charge in [0, 0.05) is 12.6 Å². The van der Waals surface area contributed by atoms with E-state index < -0.39 is 11.3 Å². The molecule has 2 rings (SSSR count). The number of hydrogen-bond acceptors (Lipinski definition) is 5. The monoisotopic (exact) mass is 283 g/mol. The summed E-state index contributed by atoms with van der Waals surface area (Å²) in [5.74, 6) is -0.875. The molecule has 0 aromatic carbocycles. The first-order valence-corrected chi connectivity index (χ1v) is 7.31. The van der Waals surface area contributed by atoms with Gasteiger partial charge in [-0.1, -0.05) is 11.8 Å². The average molecular weight is 283 g/mol. The highest BCUT2D eigenvalue weighted by molar-refractivity contribution is 7.98. The van der Waals surface area contributed by atoms with Crippen LogP contribution in [0.2, 0.25) is 0 Å². The Morgan fingerprint density at radius 3 is 2.58 bits per heavy atom. The second-order valence-corrected chi connectivity index (χ2v) is 5.64. The Morgan fingerprint density at radius 2 is 2.05 bits per heavy atom. The number of carbonyl (C=O) groups is 1. The number of aromatic hydroxyl groups is 1. The number of nitrogens with zero attached hydrogens (tertiary/aromatic N) is 3. The summed E-state index contributed by atoms with van der Waals surface area (Å²) in [6.45, 7) is 6.30. The van der Waals surface area contributed by atoms with E-state index in [-0.39, 0.29) is 23.7 Å². The van der Waals surface area contributed by atoms with E-state index in [1.54, 1.807) is 15.7 Å². The van der Waals surface area contributed by atoms with Crippen LogP contribution in [0.4, 0.5) is 0 Å². The second kappa shape index (κ2) is 4.88. The Bertz CT molecular complexity index is 582. The zero-order valence-corrected chi connectivity index (χ0v) is 12.2. The molecule has 19 heavy (non-hydrogen) atoms. The van der Waals surface area contributed by atoms with Gasteiger partial charge in [-0.25, -0.2) is 0 Å². The molecule has 1 aliphatic rings. The van der Waals surface area contributed by atoms with Crippen LogP contribution < -0.4 is 5.56 Å². The molecule has 1 atom stereocenters. The highest BCUT2D eigenvalue weighted by Crippen LogP contribution is 2.30. The number of carbonyl (C=O) groups excluding carboxylic acids is 1. The van der Waals surface area contributed by atoms with E-state index in [9.17, 15) is 14.7 Å². The largest absolute Gasteiger partial charge is 0.501 e. The minimum atomic E-state index is -0.748. The number of amides is 1. The zero-order chi connectivity index (χ0) is 14.3. The van der Waals surface area contributed by atoms with Gasteiger partial charge in [0.25, 0.3) is 5.91 Å². The van der Waals surface area contributed by atoms with Gasteiger partial charge in [0.1, 0.15) is 0 Å². The zero-order valence-electron chi connectivity index (χ0n) is 11.4. The summed E-state index contributed by atoms with van der Waals surface area (Å²) in [6, 6.07) is -0.0133. The van der Waals surface area contributed by atoms with E-state index in [2.05, 4.69) is 4.98 Å². The van der Waals surface area contributed by atoms with Crippen molar-refractivity contribution >= 4 is 17.7 Å². The third-order valence-electron chi connectivity index (χ3n) is 3.24. The summed E-state index contributed by atoms with van der Waals surface area (Å²) in [6.07, 6.45) is 1.79. The number of thioether (sulfide) groups is 1. The topological polar surface area (TPSA) is 75.4 Å². The molecular weight excluding hydrogens is 266 g/mol. The summed E-state index contributed by atoms with van der Waals surface area (Å²) in [4.78, 5) is 29.5. The van der Waals surface area contributed by atoms with Crippen molar-refractivity contribution in [1.82, 2.24) is 14.5 Å². The number of fused-ring (bicyclic) bond motifs is 1. The fourth-order valence-corrected chi connectivity index (χ4v) is 2.93. The smallest absolute Gasteiger partial charge is 0.316 e. The van der Waals surface area contributed by atoms with Gasteiger partial charge < -0.3 is 14.6 Å². The minimum absolute atomic E-state index is 0.0177. The summed E-state index contributed by atoms with van der Waals surface area (Å²) in [7, 11) is 0. The molecule has 1 aliphatic heterocycles. The maximum atomic E-state index is 12.4. The molecule has 2 heterocycles. The van der Waals surface area contributed by atoms with Crippen LogP contribution in [0.3, 0.4) is 0 Å². The van der Waals surface area contributed by atoms with Gasteiger partial charge in [-0.3, -0.25) is 9.59 Å². The van der Waals surface area contributed by atoms with Gasteiger partial charge in [-0.05, 0) is 27.0 Å². The molecule has 0 bridgehead atoms. The van der Waals surface area contributed by atoms with E-state index >= 15 is 0 Å². The van der Waals surface area contributed by atoms with E-state index in [4.69, 9.17) is 0 Å². The third kappa shape index (κ3) is 2.11. The first-order valence-electron chi connectivity index (χ1n) is 6.09. The number of rotatable bonds is 2. The Hall–Kier alpha value is -1.50. The highest BCUT2D eigenvalue weighted by Gasteiger charge is 2.35. The molecule has 0 saturated heterocycles. The lowest BCUT2D eigenvalue weighted by Gasteiger charge is -2.37. The Balaban J connectivity index is 2.72. The molecule has 6 nitrogen and oxygen atoms in total. The van der Waals surface area contributed by atoms with Crippen molar-refractivity contribution in [2.45, 2.75) is 38.0 Å². The molecule has 0 fully saturated rings. The maximum absolute atomic E-state index is 12.4. The predicted molar refractivity (Wildman–Crippen MR) is 72.8 cm³/mol. The van der Waals surface area contributed by atoms with E-state index in [0.29, 0.717) is 11.7 Å². The molecule has 0 unspecified atom stereocenters. The fraction of sp³-hybridized carbons (Fsp3) is 0.583. The van der Waals surface area contributed by atoms with Gasteiger partial charge in [-0.2, -0.15) is 4.98 Å². The SMILES string of the molecule is CSc1nc(=O)c(O)c2n1[C@@H](C)CN(C(C)C)C2=O. The van der Waals surface area contributed by atoms with Gasteiger partial charge in [0.05, 0.1) is 6.04 Å². The van der Waals surface area contributed by atoms with E-state index in [0.717, 1.165) is 0 Å². The number of aromatic nitrogens is 2. The highest BCUT2D eigenvalue weighted by atomic mass is 32.2. The molecule has 0 spiro atoms. The molecule has 0 aliphatic carbocycles. The van der Waals surface area contributed by atoms with Crippen molar-refractivity contribution in [1.29, 1.82) is 0 Å². The van der Waals surface area contributed by atoms with Crippen molar-refractivity contribution in [3.05, 3.63) is 16.0 Å². The van der Waals surface area contributed by atoms with Crippen molar-refractivity contribution < 1.29 is 9.90 Å². The second-order valence-electron chi connectivity index (χ2n) is 4.87. The van der Waals surface area contributed by atoms with Crippen LogP contribution in [0, 0.1) is 0 Å².